The van der Waals surface area contributed by atoms with Gasteiger partial charge in [-0.15, -0.1) is 0 Å². The van der Waals surface area contributed by atoms with Crippen molar-refractivity contribution in [3.63, 3.8) is 0 Å². The van der Waals surface area contributed by atoms with Crippen molar-refractivity contribution >= 4 is 5.90 Å². The summed E-state index contributed by atoms with van der Waals surface area (Å²) in [6.07, 6.45) is 12.6. The van der Waals surface area contributed by atoms with Crippen LogP contribution in [0, 0.1) is 11.8 Å². The van der Waals surface area contributed by atoms with Gasteiger partial charge in [0, 0.05) is 5.56 Å². The molecule has 1 atom stereocenters. The molecule has 2 nitrogen and oxygen atoms in total. The molecule has 0 radical (unpaired) electrons. The first kappa shape index (κ1) is 18.2. The zero-order chi connectivity index (χ0) is 17.6. The second-order valence-corrected chi connectivity index (χ2v) is 8.01. The molecule has 0 spiro atoms. The van der Waals surface area contributed by atoms with Gasteiger partial charge in [0.2, 0.25) is 5.90 Å². The molecular weight excluding hydrogens is 306 g/mol. The molecule has 0 aromatic heterocycles. The van der Waals surface area contributed by atoms with Gasteiger partial charge in [0.05, 0.1) is 6.04 Å². The minimum Gasteiger partial charge on any atom is -0.475 e. The summed E-state index contributed by atoms with van der Waals surface area (Å²) in [5.74, 6) is 2.89. The lowest BCUT2D eigenvalue weighted by Crippen LogP contribution is -2.13. The highest BCUT2D eigenvalue weighted by Crippen LogP contribution is 2.36. The standard InChI is InChI=1S/C23H33NO/c1-4-5-6-7-18-8-10-19(11-9-18)20-12-14-21(15-13-20)23-24-22(16-25-23)17(2)3/h6-7,12-15,17-19,22H,4-5,8-11,16H2,1-3H3/t18?,19?,22-/m1/s1. The van der Waals surface area contributed by atoms with Gasteiger partial charge in [-0.25, -0.2) is 4.99 Å². The largest absolute Gasteiger partial charge is 0.475 e. The van der Waals surface area contributed by atoms with Crippen LogP contribution in [0.5, 0.6) is 0 Å². The predicted molar refractivity (Wildman–Crippen MR) is 106 cm³/mol. The monoisotopic (exact) mass is 339 g/mol. The smallest absolute Gasteiger partial charge is 0.216 e. The van der Waals surface area contributed by atoms with E-state index in [2.05, 4.69) is 57.2 Å². The van der Waals surface area contributed by atoms with E-state index in [1.807, 2.05) is 0 Å². The summed E-state index contributed by atoms with van der Waals surface area (Å²) in [6, 6.07) is 9.29. The van der Waals surface area contributed by atoms with Crippen LogP contribution in [0.15, 0.2) is 41.4 Å². The van der Waals surface area contributed by atoms with Crippen molar-refractivity contribution in [1.82, 2.24) is 0 Å². The fourth-order valence-electron chi connectivity index (χ4n) is 3.89. The average molecular weight is 340 g/mol. The third kappa shape index (κ3) is 4.74. The van der Waals surface area contributed by atoms with E-state index >= 15 is 0 Å². The summed E-state index contributed by atoms with van der Waals surface area (Å²) in [5, 5.41) is 0. The molecule has 0 unspecified atom stereocenters. The van der Waals surface area contributed by atoms with E-state index in [1.165, 1.54) is 44.1 Å². The highest BCUT2D eigenvalue weighted by atomic mass is 16.5. The molecule has 3 rings (SSSR count). The first-order chi connectivity index (χ1) is 12.2. The molecule has 0 saturated heterocycles. The van der Waals surface area contributed by atoms with E-state index in [9.17, 15) is 0 Å². The Balaban J connectivity index is 1.56. The van der Waals surface area contributed by atoms with E-state index in [-0.39, 0.29) is 0 Å². The number of allylic oxidation sites excluding steroid dienone is 2. The third-order valence-electron chi connectivity index (χ3n) is 5.71. The van der Waals surface area contributed by atoms with Gasteiger partial charge >= 0.3 is 0 Å². The maximum absolute atomic E-state index is 5.80. The van der Waals surface area contributed by atoms with Crippen LogP contribution < -0.4 is 0 Å². The number of hydrogen-bond acceptors (Lipinski definition) is 2. The van der Waals surface area contributed by atoms with Crippen LogP contribution in [0.2, 0.25) is 0 Å². The van der Waals surface area contributed by atoms with Crippen molar-refractivity contribution in [2.75, 3.05) is 6.61 Å². The Bertz CT molecular complexity index is 591. The number of aliphatic imine (C=N–C) groups is 1. The van der Waals surface area contributed by atoms with Gasteiger partial charge < -0.3 is 4.74 Å². The van der Waals surface area contributed by atoms with E-state index in [0.717, 1.165) is 29.9 Å². The highest BCUT2D eigenvalue weighted by Gasteiger charge is 2.24. The molecule has 2 aliphatic rings. The average Bonchev–Trinajstić information content (AvgIpc) is 3.13. The van der Waals surface area contributed by atoms with Crippen LogP contribution >= 0.6 is 0 Å². The lowest BCUT2D eigenvalue weighted by atomic mass is 9.78. The summed E-state index contributed by atoms with van der Waals surface area (Å²) in [7, 11) is 0. The SMILES string of the molecule is CCCC=CC1CCC(c2ccc(C3=N[C@@H](C(C)C)CO3)cc2)CC1. The maximum Gasteiger partial charge on any atom is 0.216 e. The van der Waals surface area contributed by atoms with E-state index in [1.54, 1.807) is 0 Å². The predicted octanol–water partition coefficient (Wildman–Crippen LogP) is 6.12. The third-order valence-corrected chi connectivity index (χ3v) is 5.71. The maximum atomic E-state index is 5.80. The van der Waals surface area contributed by atoms with Crippen molar-refractivity contribution in [3.8, 4) is 0 Å². The molecule has 2 heteroatoms. The summed E-state index contributed by atoms with van der Waals surface area (Å²) in [5.41, 5.74) is 2.61. The molecule has 1 aliphatic carbocycles. The molecule has 1 heterocycles. The van der Waals surface area contributed by atoms with Gasteiger partial charge in [-0.3, -0.25) is 0 Å². The fourth-order valence-corrected chi connectivity index (χ4v) is 3.89. The summed E-state index contributed by atoms with van der Waals surface area (Å²) < 4.78 is 5.80. The number of unbranched alkanes of at least 4 members (excludes halogenated alkanes) is 1. The first-order valence-electron chi connectivity index (χ1n) is 10.1. The van der Waals surface area contributed by atoms with Gasteiger partial charge in [-0.05, 0) is 67.6 Å². The Morgan fingerprint density at radius 3 is 2.44 bits per heavy atom. The number of rotatable bonds is 6. The van der Waals surface area contributed by atoms with Crippen molar-refractivity contribution in [3.05, 3.63) is 47.5 Å². The molecule has 136 valence electrons. The molecule has 0 bridgehead atoms. The van der Waals surface area contributed by atoms with E-state index in [0.29, 0.717) is 12.0 Å². The normalized spacial score (nSPS) is 26.9. The Hall–Kier alpha value is -1.57. The van der Waals surface area contributed by atoms with Crippen molar-refractivity contribution in [1.29, 1.82) is 0 Å². The molecular formula is C23H33NO. The van der Waals surface area contributed by atoms with Crippen LogP contribution in [-0.2, 0) is 4.74 Å². The number of nitrogens with zero attached hydrogens (tertiary/aromatic N) is 1. The van der Waals surface area contributed by atoms with Crippen LogP contribution in [0.25, 0.3) is 0 Å². The van der Waals surface area contributed by atoms with Gasteiger partial charge in [0.15, 0.2) is 0 Å². The van der Waals surface area contributed by atoms with E-state index in [4.69, 9.17) is 9.73 Å². The topological polar surface area (TPSA) is 21.6 Å². The number of hydrogen-bond donors (Lipinski definition) is 0. The number of ether oxygens (including phenoxy) is 1. The van der Waals surface area contributed by atoms with Crippen LogP contribution in [0.3, 0.4) is 0 Å². The molecule has 0 amide bonds. The molecule has 1 fully saturated rings. The Morgan fingerprint density at radius 1 is 1.12 bits per heavy atom. The lowest BCUT2D eigenvalue weighted by molar-refractivity contribution is 0.292. The van der Waals surface area contributed by atoms with E-state index < -0.39 is 0 Å². The molecule has 1 aliphatic heterocycles. The Morgan fingerprint density at radius 2 is 1.84 bits per heavy atom. The zero-order valence-corrected chi connectivity index (χ0v) is 16.1. The van der Waals surface area contributed by atoms with Crippen LogP contribution in [0.1, 0.15) is 76.3 Å². The van der Waals surface area contributed by atoms with Crippen molar-refractivity contribution < 1.29 is 4.74 Å². The first-order valence-corrected chi connectivity index (χ1v) is 10.1. The molecule has 1 aromatic rings. The summed E-state index contributed by atoms with van der Waals surface area (Å²) >= 11 is 0. The van der Waals surface area contributed by atoms with Crippen molar-refractivity contribution in [2.24, 2.45) is 16.8 Å². The Labute approximate surface area is 153 Å². The Kier molecular flexibility index (Phi) is 6.34. The van der Waals surface area contributed by atoms with Crippen molar-refractivity contribution in [2.45, 2.75) is 71.3 Å². The highest BCUT2D eigenvalue weighted by molar-refractivity contribution is 5.95. The fraction of sp³-hybridized carbons (Fsp3) is 0.609. The zero-order valence-electron chi connectivity index (χ0n) is 16.1. The summed E-state index contributed by atoms with van der Waals surface area (Å²) in [4.78, 5) is 4.73. The molecule has 1 saturated carbocycles. The molecule has 1 aromatic carbocycles. The minimum absolute atomic E-state index is 0.311. The van der Waals surface area contributed by atoms with Gasteiger partial charge in [0.1, 0.15) is 6.61 Å². The second kappa shape index (κ2) is 8.69. The van der Waals surface area contributed by atoms with Crippen LogP contribution in [-0.4, -0.2) is 18.5 Å². The number of benzene rings is 1. The summed E-state index contributed by atoms with van der Waals surface area (Å²) in [6.45, 7) is 7.38. The lowest BCUT2D eigenvalue weighted by Gasteiger charge is -2.27. The minimum atomic E-state index is 0.311. The van der Waals surface area contributed by atoms with Gasteiger partial charge in [0.25, 0.3) is 0 Å². The van der Waals surface area contributed by atoms with Gasteiger partial charge in [-0.2, -0.15) is 0 Å². The molecule has 25 heavy (non-hydrogen) atoms. The molecule has 0 N–H and O–H groups in total. The quantitative estimate of drug-likeness (QED) is 0.572. The second-order valence-electron chi connectivity index (χ2n) is 8.01. The van der Waals surface area contributed by atoms with Crippen LogP contribution in [0.4, 0.5) is 0 Å². The van der Waals surface area contributed by atoms with Gasteiger partial charge in [-0.1, -0.05) is 51.5 Å².